The average Bonchev–Trinajstić information content (AvgIpc) is 3.26. The van der Waals surface area contributed by atoms with Crippen molar-refractivity contribution >= 4 is 21.1 Å². The maximum Gasteiger partial charge on any atom is 0.316 e. The average molecular weight is 429 g/mol. The Bertz CT molecular complexity index is 1340. The SMILES string of the molecule is COc1ccc([C@H]2CCCN2S(=O)(=O)c2ccc3c(c2)n(C)c(=O)c(=O)n3C)cc1. The summed E-state index contributed by atoms with van der Waals surface area (Å²) >= 11 is 0. The highest BCUT2D eigenvalue weighted by molar-refractivity contribution is 7.89. The zero-order chi connectivity index (χ0) is 21.6. The minimum absolute atomic E-state index is 0.101. The molecule has 1 saturated heterocycles. The fraction of sp³-hybridized carbons (Fsp3) is 0.333. The van der Waals surface area contributed by atoms with Gasteiger partial charge in [-0.05, 0) is 48.7 Å². The highest BCUT2D eigenvalue weighted by atomic mass is 32.2. The molecule has 158 valence electrons. The number of hydrogen-bond donors (Lipinski definition) is 0. The second-order valence-corrected chi connectivity index (χ2v) is 9.32. The maximum atomic E-state index is 13.5. The first-order valence-corrected chi connectivity index (χ1v) is 11.1. The van der Waals surface area contributed by atoms with Crippen molar-refractivity contribution in [3.8, 4) is 5.75 Å². The van der Waals surface area contributed by atoms with E-state index in [2.05, 4.69) is 0 Å². The van der Waals surface area contributed by atoms with Gasteiger partial charge in [0.1, 0.15) is 5.75 Å². The summed E-state index contributed by atoms with van der Waals surface area (Å²) in [6.45, 7) is 0.420. The number of sulfonamides is 1. The van der Waals surface area contributed by atoms with Crippen LogP contribution in [0.1, 0.15) is 24.4 Å². The van der Waals surface area contributed by atoms with Gasteiger partial charge in [0, 0.05) is 20.6 Å². The molecule has 0 spiro atoms. The molecular weight excluding hydrogens is 406 g/mol. The Morgan fingerprint density at radius 3 is 2.20 bits per heavy atom. The van der Waals surface area contributed by atoms with Crippen molar-refractivity contribution in [2.45, 2.75) is 23.8 Å². The quantitative estimate of drug-likeness (QED) is 0.590. The van der Waals surface area contributed by atoms with Crippen LogP contribution in [0.2, 0.25) is 0 Å². The molecule has 0 unspecified atom stereocenters. The predicted molar refractivity (Wildman–Crippen MR) is 113 cm³/mol. The highest BCUT2D eigenvalue weighted by Crippen LogP contribution is 2.37. The molecule has 0 amide bonds. The van der Waals surface area contributed by atoms with Gasteiger partial charge in [0.25, 0.3) is 0 Å². The number of ether oxygens (including phenoxy) is 1. The molecule has 3 aromatic rings. The van der Waals surface area contributed by atoms with E-state index >= 15 is 0 Å². The van der Waals surface area contributed by atoms with Crippen LogP contribution in [0.15, 0.2) is 56.9 Å². The lowest BCUT2D eigenvalue weighted by molar-refractivity contribution is 0.394. The van der Waals surface area contributed by atoms with E-state index in [9.17, 15) is 18.0 Å². The lowest BCUT2D eigenvalue weighted by Gasteiger charge is -2.25. The molecule has 8 nitrogen and oxygen atoms in total. The second kappa shape index (κ2) is 7.41. The van der Waals surface area contributed by atoms with E-state index in [0.717, 1.165) is 18.4 Å². The largest absolute Gasteiger partial charge is 0.497 e. The molecule has 1 fully saturated rings. The van der Waals surface area contributed by atoms with Gasteiger partial charge in [-0.25, -0.2) is 8.42 Å². The molecule has 1 atom stereocenters. The number of aromatic nitrogens is 2. The molecule has 30 heavy (non-hydrogen) atoms. The molecule has 0 aliphatic carbocycles. The van der Waals surface area contributed by atoms with Crippen LogP contribution < -0.4 is 15.9 Å². The van der Waals surface area contributed by atoms with E-state index in [1.54, 1.807) is 13.2 Å². The number of aryl methyl sites for hydroxylation is 2. The van der Waals surface area contributed by atoms with E-state index in [-0.39, 0.29) is 10.9 Å². The lowest BCUT2D eigenvalue weighted by atomic mass is 10.1. The summed E-state index contributed by atoms with van der Waals surface area (Å²) in [5.74, 6) is 0.715. The molecule has 1 aliphatic heterocycles. The van der Waals surface area contributed by atoms with Crippen LogP contribution in [0.5, 0.6) is 5.75 Å². The van der Waals surface area contributed by atoms with Gasteiger partial charge in [-0.1, -0.05) is 12.1 Å². The topological polar surface area (TPSA) is 90.6 Å². The first kappa shape index (κ1) is 20.4. The van der Waals surface area contributed by atoms with Gasteiger partial charge in [-0.3, -0.25) is 9.59 Å². The molecule has 2 aromatic carbocycles. The molecule has 4 rings (SSSR count). The Labute approximate surface area is 174 Å². The van der Waals surface area contributed by atoms with Crippen molar-refractivity contribution in [3.05, 3.63) is 68.7 Å². The Kier molecular flexibility index (Phi) is 5.03. The van der Waals surface area contributed by atoms with Crippen LogP contribution in [0.3, 0.4) is 0 Å². The third kappa shape index (κ3) is 3.14. The van der Waals surface area contributed by atoms with Crippen molar-refractivity contribution < 1.29 is 13.2 Å². The molecule has 2 heterocycles. The lowest BCUT2D eigenvalue weighted by Crippen LogP contribution is -2.39. The van der Waals surface area contributed by atoms with Gasteiger partial charge >= 0.3 is 11.1 Å². The van der Waals surface area contributed by atoms with Crippen LogP contribution in [-0.4, -0.2) is 35.5 Å². The minimum atomic E-state index is -3.80. The minimum Gasteiger partial charge on any atom is -0.497 e. The summed E-state index contributed by atoms with van der Waals surface area (Å²) in [6.07, 6.45) is 1.49. The fourth-order valence-corrected chi connectivity index (χ4v) is 5.75. The summed E-state index contributed by atoms with van der Waals surface area (Å²) in [4.78, 5) is 24.3. The molecule has 0 radical (unpaired) electrons. The standard InChI is InChI=1S/C21H23N3O5S/c1-22-18-11-10-16(13-19(18)23(2)21(26)20(22)25)30(27,28)24-12-4-5-17(24)14-6-8-15(29-3)9-7-14/h6-11,13,17H,4-5,12H2,1-3H3/t17-/m1/s1. The Balaban J connectivity index is 1.79. The van der Waals surface area contributed by atoms with Crippen molar-refractivity contribution in [1.29, 1.82) is 0 Å². The highest BCUT2D eigenvalue weighted by Gasteiger charge is 2.36. The first-order chi connectivity index (χ1) is 14.3. The number of fused-ring (bicyclic) bond motifs is 1. The Hall–Kier alpha value is -2.91. The van der Waals surface area contributed by atoms with Gasteiger partial charge in [0.2, 0.25) is 10.0 Å². The summed E-state index contributed by atoms with van der Waals surface area (Å²) in [5.41, 5.74) is 0.446. The summed E-state index contributed by atoms with van der Waals surface area (Å²) in [5, 5.41) is 0. The predicted octanol–water partition coefficient (Wildman–Crippen LogP) is 1.77. The van der Waals surface area contributed by atoms with Crippen LogP contribution >= 0.6 is 0 Å². The summed E-state index contributed by atoms with van der Waals surface area (Å²) < 4.78 is 36.1. The van der Waals surface area contributed by atoms with Crippen LogP contribution in [-0.2, 0) is 24.1 Å². The third-order valence-corrected chi connectivity index (χ3v) is 7.68. The molecule has 1 aliphatic rings. The van der Waals surface area contributed by atoms with Gasteiger partial charge in [-0.15, -0.1) is 0 Å². The monoisotopic (exact) mass is 429 g/mol. The number of rotatable bonds is 4. The van der Waals surface area contributed by atoms with Gasteiger partial charge in [-0.2, -0.15) is 4.31 Å². The molecule has 0 bridgehead atoms. The number of methoxy groups -OCH3 is 1. The van der Waals surface area contributed by atoms with Crippen molar-refractivity contribution in [3.63, 3.8) is 0 Å². The van der Waals surface area contributed by atoms with Crippen molar-refractivity contribution in [2.75, 3.05) is 13.7 Å². The van der Waals surface area contributed by atoms with Crippen LogP contribution in [0.4, 0.5) is 0 Å². The molecular formula is C21H23N3O5S. The normalized spacial score (nSPS) is 17.5. The smallest absolute Gasteiger partial charge is 0.316 e. The van der Waals surface area contributed by atoms with Gasteiger partial charge < -0.3 is 13.9 Å². The second-order valence-electron chi connectivity index (χ2n) is 7.43. The first-order valence-electron chi connectivity index (χ1n) is 9.61. The van der Waals surface area contributed by atoms with E-state index in [1.807, 2.05) is 24.3 Å². The summed E-state index contributed by atoms with van der Waals surface area (Å²) in [7, 11) is 0.762. The van der Waals surface area contributed by atoms with Gasteiger partial charge in [0.15, 0.2) is 0 Å². The zero-order valence-electron chi connectivity index (χ0n) is 17.0. The van der Waals surface area contributed by atoms with E-state index < -0.39 is 21.1 Å². The summed E-state index contributed by atoms with van der Waals surface area (Å²) in [6, 6.07) is 11.7. The number of benzene rings is 2. The van der Waals surface area contributed by atoms with Crippen LogP contribution in [0, 0.1) is 0 Å². The molecule has 0 N–H and O–H groups in total. The van der Waals surface area contributed by atoms with E-state index in [4.69, 9.17) is 4.74 Å². The molecule has 9 heteroatoms. The fourth-order valence-electron chi connectivity index (χ4n) is 4.04. The van der Waals surface area contributed by atoms with Crippen molar-refractivity contribution in [2.24, 2.45) is 14.1 Å². The zero-order valence-corrected chi connectivity index (χ0v) is 17.8. The molecule has 0 saturated carbocycles. The Morgan fingerprint density at radius 2 is 1.57 bits per heavy atom. The van der Waals surface area contributed by atoms with E-state index in [0.29, 0.717) is 23.3 Å². The number of hydrogen-bond acceptors (Lipinski definition) is 5. The maximum absolute atomic E-state index is 13.5. The van der Waals surface area contributed by atoms with Crippen LogP contribution in [0.25, 0.3) is 11.0 Å². The third-order valence-electron chi connectivity index (χ3n) is 5.77. The van der Waals surface area contributed by atoms with Crippen molar-refractivity contribution in [1.82, 2.24) is 13.4 Å². The number of nitrogens with zero attached hydrogens (tertiary/aromatic N) is 3. The van der Waals surface area contributed by atoms with Gasteiger partial charge in [0.05, 0.1) is 29.1 Å². The molecule has 1 aromatic heterocycles. The Morgan fingerprint density at radius 1 is 0.933 bits per heavy atom. The van der Waals surface area contributed by atoms with E-state index in [1.165, 1.54) is 39.7 Å².